The van der Waals surface area contributed by atoms with Crippen LogP contribution in [0.4, 0.5) is 0 Å². The van der Waals surface area contributed by atoms with Gasteiger partial charge in [0.1, 0.15) is 17.4 Å². The maximum absolute atomic E-state index is 12.3. The van der Waals surface area contributed by atoms with Crippen LogP contribution >= 0.6 is 35.5 Å². The fourth-order valence-electron chi connectivity index (χ4n) is 2.30. The lowest BCUT2D eigenvalue weighted by Gasteiger charge is -2.23. The molecule has 4 heterocycles. The molecule has 0 aliphatic carbocycles. The lowest BCUT2D eigenvalue weighted by molar-refractivity contribution is -0.114. The molecule has 10 heteroatoms. The van der Waals surface area contributed by atoms with Gasteiger partial charge >= 0.3 is 0 Å². The monoisotopic (exact) mass is 404 g/mol. The zero-order chi connectivity index (χ0) is 18.1. The van der Waals surface area contributed by atoms with Gasteiger partial charge in [0, 0.05) is 0 Å². The molecule has 0 spiro atoms. The van der Waals surface area contributed by atoms with Crippen molar-refractivity contribution >= 4 is 63.6 Å². The Morgan fingerprint density at radius 1 is 1.38 bits per heavy atom. The van der Waals surface area contributed by atoms with E-state index in [-0.39, 0.29) is 11.4 Å². The zero-order valence-electron chi connectivity index (χ0n) is 13.5. The molecular formula is C16H12N4O3S3. The molecule has 2 aromatic rings. The fraction of sp³-hybridized carbons (Fsp3) is 0.125. The van der Waals surface area contributed by atoms with Crippen molar-refractivity contribution in [3.63, 3.8) is 0 Å². The molecule has 1 N–H and O–H groups in total. The molecule has 132 valence electrons. The van der Waals surface area contributed by atoms with Crippen LogP contribution in [0.3, 0.4) is 0 Å². The summed E-state index contributed by atoms with van der Waals surface area (Å²) in [4.78, 5) is 17.9. The second-order valence-corrected chi connectivity index (χ2v) is 7.62. The van der Waals surface area contributed by atoms with Crippen LogP contribution in [0.25, 0.3) is 6.08 Å². The second kappa shape index (κ2) is 7.22. The van der Waals surface area contributed by atoms with Gasteiger partial charge in [0.2, 0.25) is 5.17 Å². The highest BCUT2D eigenvalue weighted by molar-refractivity contribution is 8.18. The first-order valence-corrected chi connectivity index (χ1v) is 10.4. The van der Waals surface area contributed by atoms with Crippen LogP contribution in [0.1, 0.15) is 11.5 Å². The van der Waals surface area contributed by atoms with E-state index in [1.165, 1.54) is 23.5 Å². The van der Waals surface area contributed by atoms with Crippen molar-refractivity contribution in [2.75, 3.05) is 6.26 Å². The van der Waals surface area contributed by atoms with Gasteiger partial charge in [0.05, 0.1) is 29.5 Å². The molecule has 0 bridgehead atoms. The fourth-order valence-corrected chi connectivity index (χ4v) is 4.52. The summed E-state index contributed by atoms with van der Waals surface area (Å²) >= 11 is 3.99. The van der Waals surface area contributed by atoms with Crippen LogP contribution in [0.5, 0.6) is 0 Å². The van der Waals surface area contributed by atoms with Crippen molar-refractivity contribution in [1.82, 2.24) is 4.90 Å². The second-order valence-electron chi connectivity index (χ2n) is 5.14. The summed E-state index contributed by atoms with van der Waals surface area (Å²) in [5, 5.41) is 10.1. The largest absolute Gasteiger partial charge is 0.468 e. The number of carbonyl (C=O) groups is 1. The molecule has 4 rings (SSSR count). The van der Waals surface area contributed by atoms with Crippen LogP contribution < -0.4 is 0 Å². The number of amides is 1. The number of thioether (sulfide) groups is 2. The summed E-state index contributed by atoms with van der Waals surface area (Å²) in [6.45, 7) is 0. The average molecular weight is 404 g/mol. The Balaban J connectivity index is 1.53. The van der Waals surface area contributed by atoms with Crippen LogP contribution in [0.2, 0.25) is 0 Å². The van der Waals surface area contributed by atoms with E-state index in [0.717, 1.165) is 17.7 Å². The number of fused-ring (bicyclic) bond motifs is 1. The van der Waals surface area contributed by atoms with Gasteiger partial charge in [-0.3, -0.25) is 10.2 Å². The van der Waals surface area contributed by atoms with Crippen LogP contribution in [-0.4, -0.2) is 33.2 Å². The van der Waals surface area contributed by atoms with Gasteiger partial charge in [0.25, 0.3) is 5.91 Å². The van der Waals surface area contributed by atoms with Gasteiger partial charge < -0.3 is 8.83 Å². The third-order valence-electron chi connectivity index (χ3n) is 3.50. The number of hydrogen-bond donors (Lipinski definition) is 1. The molecule has 26 heavy (non-hydrogen) atoms. The predicted molar refractivity (Wildman–Crippen MR) is 106 cm³/mol. The summed E-state index contributed by atoms with van der Waals surface area (Å²) < 4.78 is 15.2. The maximum atomic E-state index is 12.3. The van der Waals surface area contributed by atoms with Crippen LogP contribution in [0.15, 0.2) is 59.4 Å². The predicted octanol–water partition coefficient (Wildman–Crippen LogP) is 4.10. The zero-order valence-corrected chi connectivity index (χ0v) is 15.9. The maximum Gasteiger partial charge on any atom is 0.283 e. The molecule has 0 atom stereocenters. The van der Waals surface area contributed by atoms with E-state index in [9.17, 15) is 4.79 Å². The minimum Gasteiger partial charge on any atom is -0.468 e. The first-order chi connectivity index (χ1) is 12.7. The van der Waals surface area contributed by atoms with E-state index < -0.39 is 5.91 Å². The molecule has 7 nitrogen and oxygen atoms in total. The topological polar surface area (TPSA) is 95.2 Å². The third-order valence-corrected chi connectivity index (χ3v) is 5.89. The summed E-state index contributed by atoms with van der Waals surface area (Å²) in [6, 6.07) is 7.33. The van der Waals surface area contributed by atoms with Crippen molar-refractivity contribution in [3.8, 4) is 0 Å². The van der Waals surface area contributed by atoms with Gasteiger partial charge in [-0.05, 0) is 36.6 Å². The highest BCUT2D eigenvalue weighted by Crippen LogP contribution is 2.32. The van der Waals surface area contributed by atoms with Gasteiger partial charge in [-0.15, -0.1) is 0 Å². The smallest absolute Gasteiger partial charge is 0.283 e. The van der Waals surface area contributed by atoms with E-state index in [1.54, 1.807) is 23.3 Å². The molecule has 0 saturated carbocycles. The number of aliphatic imine (C=N–C) groups is 1. The average Bonchev–Trinajstić information content (AvgIpc) is 3.37. The summed E-state index contributed by atoms with van der Waals surface area (Å²) in [6.07, 6.45) is 5.04. The highest BCUT2D eigenvalue weighted by atomic mass is 32.2. The number of furan rings is 2. The normalized spacial score (nSPS) is 18.3. The van der Waals surface area contributed by atoms with Crippen molar-refractivity contribution in [3.05, 3.63) is 47.6 Å². The Morgan fingerprint density at radius 3 is 3.04 bits per heavy atom. The van der Waals surface area contributed by atoms with Crippen LogP contribution in [0, 0.1) is 5.41 Å². The minimum atomic E-state index is -0.465. The SMILES string of the molecule is CSC1=NSC2=NC(=O)/C(=C\c3ccc(SCc4ccco4)o3)C(=N)N12. The number of rotatable bonds is 4. The third kappa shape index (κ3) is 3.27. The number of hydrogen-bond acceptors (Lipinski definition) is 8. The molecule has 0 saturated heterocycles. The van der Waals surface area contributed by atoms with Crippen molar-refractivity contribution < 1.29 is 13.6 Å². The molecule has 0 unspecified atom stereocenters. The van der Waals surface area contributed by atoms with E-state index in [1.807, 2.05) is 24.5 Å². The molecule has 1 amide bonds. The van der Waals surface area contributed by atoms with E-state index >= 15 is 0 Å². The quantitative estimate of drug-likeness (QED) is 0.465. The van der Waals surface area contributed by atoms with Gasteiger partial charge in [0.15, 0.2) is 10.3 Å². The molecule has 0 fully saturated rings. The first-order valence-electron chi connectivity index (χ1n) is 7.43. The Hall–Kier alpha value is -2.17. The molecule has 0 aromatic carbocycles. The van der Waals surface area contributed by atoms with Crippen molar-refractivity contribution in [2.24, 2.45) is 9.39 Å². The summed E-state index contributed by atoms with van der Waals surface area (Å²) in [5.41, 5.74) is 0.176. The molecule has 0 radical (unpaired) electrons. The Labute approximate surface area is 161 Å². The molecule has 2 aromatic heterocycles. The van der Waals surface area contributed by atoms with Gasteiger partial charge in [-0.1, -0.05) is 23.5 Å². The van der Waals surface area contributed by atoms with E-state index in [2.05, 4.69) is 9.39 Å². The van der Waals surface area contributed by atoms with Gasteiger partial charge in [-0.2, -0.15) is 9.39 Å². The van der Waals surface area contributed by atoms with Crippen molar-refractivity contribution in [2.45, 2.75) is 10.8 Å². The Bertz CT molecular complexity index is 959. The molecular weight excluding hydrogens is 392 g/mol. The highest BCUT2D eigenvalue weighted by Gasteiger charge is 2.37. The number of nitrogens with zero attached hydrogens (tertiary/aromatic N) is 3. The van der Waals surface area contributed by atoms with Gasteiger partial charge in [-0.25, -0.2) is 4.90 Å². The Kier molecular flexibility index (Phi) is 4.79. The van der Waals surface area contributed by atoms with E-state index in [0.29, 0.717) is 26.9 Å². The summed E-state index contributed by atoms with van der Waals surface area (Å²) in [5.74, 6) is 1.59. The number of nitrogens with one attached hydrogen (secondary N) is 1. The first kappa shape index (κ1) is 17.3. The van der Waals surface area contributed by atoms with Crippen molar-refractivity contribution in [1.29, 1.82) is 5.41 Å². The lowest BCUT2D eigenvalue weighted by Crippen LogP contribution is -2.41. The molecule has 2 aliphatic rings. The number of carbonyl (C=O) groups excluding carboxylic acids is 1. The summed E-state index contributed by atoms with van der Waals surface area (Å²) in [7, 11) is 0. The lowest BCUT2D eigenvalue weighted by atomic mass is 10.1. The standard InChI is InChI=1S/C16H12N4O3S3/c1-24-16-19-26-15-18-14(21)11(13(17)20(15)16)7-9-4-5-12(23-9)25-8-10-3-2-6-22-10/h2-7,17H,8H2,1H3/b11-7-,17-13?. The minimum absolute atomic E-state index is 0.0549. The number of amidine groups is 3. The molecule has 2 aliphatic heterocycles. The Morgan fingerprint density at radius 2 is 2.27 bits per heavy atom. The van der Waals surface area contributed by atoms with Crippen LogP contribution in [-0.2, 0) is 10.5 Å². The van der Waals surface area contributed by atoms with E-state index in [4.69, 9.17) is 14.2 Å².